The Morgan fingerprint density at radius 1 is 1.16 bits per heavy atom. The molecule has 0 aliphatic carbocycles. The zero-order valence-electron chi connectivity index (χ0n) is 10.4. The number of rotatable bonds is 2. The maximum atomic E-state index is 5.59. The third kappa shape index (κ3) is 2.30. The van der Waals surface area contributed by atoms with E-state index in [1.54, 1.807) is 18.3 Å². The Hall–Kier alpha value is -2.69. The van der Waals surface area contributed by atoms with Crippen molar-refractivity contribution in [1.29, 1.82) is 0 Å². The molecule has 0 saturated carbocycles. The van der Waals surface area contributed by atoms with Crippen molar-refractivity contribution in [2.45, 2.75) is 6.92 Å². The van der Waals surface area contributed by atoms with Crippen molar-refractivity contribution in [3.8, 4) is 23.0 Å². The lowest BCUT2D eigenvalue weighted by atomic mass is 10.1. The second kappa shape index (κ2) is 4.53. The molecule has 0 fully saturated rings. The number of pyridine rings is 1. The van der Waals surface area contributed by atoms with Gasteiger partial charge in [0.25, 0.3) is 5.89 Å². The zero-order chi connectivity index (χ0) is 13.2. The minimum atomic E-state index is 0.386. The maximum Gasteiger partial charge on any atom is 0.276 e. The molecule has 0 bridgehead atoms. The molecule has 0 radical (unpaired) electrons. The van der Waals surface area contributed by atoms with Gasteiger partial charge in [-0.05, 0) is 25.1 Å². The Morgan fingerprint density at radius 2 is 2.05 bits per heavy atom. The SMILES string of the molecule is Cc1cccc(-c2noc(-c3ccc(N)cn3)n2)c1. The quantitative estimate of drug-likeness (QED) is 0.758. The summed E-state index contributed by atoms with van der Waals surface area (Å²) in [5.41, 5.74) is 8.87. The van der Waals surface area contributed by atoms with Crippen molar-refractivity contribution in [3.05, 3.63) is 48.2 Å². The number of hydrogen-bond acceptors (Lipinski definition) is 5. The first kappa shape index (κ1) is 11.4. The van der Waals surface area contributed by atoms with Gasteiger partial charge in [-0.15, -0.1) is 0 Å². The van der Waals surface area contributed by atoms with Crippen LogP contribution in [0.25, 0.3) is 23.0 Å². The van der Waals surface area contributed by atoms with Gasteiger partial charge in [-0.25, -0.2) is 4.98 Å². The van der Waals surface area contributed by atoms with E-state index in [1.165, 1.54) is 0 Å². The summed E-state index contributed by atoms with van der Waals surface area (Å²) in [6.45, 7) is 2.02. The molecule has 5 nitrogen and oxygen atoms in total. The first-order chi connectivity index (χ1) is 9.22. The molecule has 0 aliphatic heterocycles. The van der Waals surface area contributed by atoms with Crippen LogP contribution in [0.2, 0.25) is 0 Å². The van der Waals surface area contributed by atoms with Crippen molar-refractivity contribution in [1.82, 2.24) is 15.1 Å². The van der Waals surface area contributed by atoms with Crippen molar-refractivity contribution >= 4 is 5.69 Å². The lowest BCUT2D eigenvalue weighted by Gasteiger charge is -1.95. The first-order valence-electron chi connectivity index (χ1n) is 5.85. The van der Waals surface area contributed by atoms with E-state index in [0.717, 1.165) is 11.1 Å². The number of aryl methyl sites for hydroxylation is 1. The minimum Gasteiger partial charge on any atom is -0.397 e. The van der Waals surface area contributed by atoms with E-state index in [0.29, 0.717) is 23.1 Å². The Morgan fingerprint density at radius 3 is 2.79 bits per heavy atom. The average Bonchev–Trinajstić information content (AvgIpc) is 2.89. The van der Waals surface area contributed by atoms with Crippen molar-refractivity contribution in [3.63, 3.8) is 0 Å². The third-order valence-corrected chi connectivity index (χ3v) is 2.71. The summed E-state index contributed by atoms with van der Waals surface area (Å²) in [6, 6.07) is 11.4. The highest BCUT2D eigenvalue weighted by molar-refractivity contribution is 5.59. The molecule has 5 heteroatoms. The lowest BCUT2D eigenvalue weighted by molar-refractivity contribution is 0.431. The van der Waals surface area contributed by atoms with Crippen LogP contribution >= 0.6 is 0 Å². The van der Waals surface area contributed by atoms with Crippen LogP contribution in [0.4, 0.5) is 5.69 Å². The van der Waals surface area contributed by atoms with Gasteiger partial charge in [0.2, 0.25) is 5.82 Å². The van der Waals surface area contributed by atoms with Crippen LogP contribution in [0.15, 0.2) is 47.1 Å². The smallest absolute Gasteiger partial charge is 0.276 e. The van der Waals surface area contributed by atoms with Crippen molar-refractivity contribution in [2.24, 2.45) is 0 Å². The number of hydrogen-bond donors (Lipinski definition) is 1. The fraction of sp³-hybridized carbons (Fsp3) is 0.0714. The third-order valence-electron chi connectivity index (χ3n) is 2.71. The Kier molecular flexibility index (Phi) is 2.72. The van der Waals surface area contributed by atoms with Crippen LogP contribution in [0.3, 0.4) is 0 Å². The summed E-state index contributed by atoms with van der Waals surface area (Å²) in [7, 11) is 0. The zero-order valence-corrected chi connectivity index (χ0v) is 10.4. The van der Waals surface area contributed by atoms with E-state index in [2.05, 4.69) is 15.1 Å². The molecule has 0 aliphatic rings. The Bertz CT molecular complexity index is 703. The van der Waals surface area contributed by atoms with Gasteiger partial charge in [-0.3, -0.25) is 0 Å². The number of anilines is 1. The molecule has 0 spiro atoms. The summed E-state index contributed by atoms with van der Waals surface area (Å²) < 4.78 is 5.22. The lowest BCUT2D eigenvalue weighted by Crippen LogP contribution is -1.88. The standard InChI is InChI=1S/C14H12N4O/c1-9-3-2-4-10(7-9)13-17-14(19-18-13)12-6-5-11(15)8-16-12/h2-8H,15H2,1H3. The Balaban J connectivity index is 1.97. The number of benzene rings is 1. The predicted octanol–water partition coefficient (Wildman–Crippen LogP) is 2.69. The summed E-state index contributed by atoms with van der Waals surface area (Å²) in [4.78, 5) is 8.49. The van der Waals surface area contributed by atoms with Gasteiger partial charge in [0.1, 0.15) is 5.69 Å². The van der Waals surface area contributed by atoms with Crippen LogP contribution in [-0.4, -0.2) is 15.1 Å². The first-order valence-corrected chi connectivity index (χ1v) is 5.85. The van der Waals surface area contributed by atoms with Gasteiger partial charge in [0.15, 0.2) is 0 Å². The van der Waals surface area contributed by atoms with Crippen LogP contribution in [0.5, 0.6) is 0 Å². The number of aromatic nitrogens is 3. The molecule has 0 atom stereocenters. The molecular weight excluding hydrogens is 240 g/mol. The fourth-order valence-electron chi connectivity index (χ4n) is 1.76. The van der Waals surface area contributed by atoms with Gasteiger partial charge < -0.3 is 10.3 Å². The van der Waals surface area contributed by atoms with E-state index in [9.17, 15) is 0 Å². The highest BCUT2D eigenvalue weighted by Gasteiger charge is 2.11. The summed E-state index contributed by atoms with van der Waals surface area (Å²) in [5, 5.41) is 3.97. The Labute approximate surface area is 110 Å². The molecule has 2 N–H and O–H groups in total. The van der Waals surface area contributed by atoms with Crippen LogP contribution in [0, 0.1) is 6.92 Å². The number of nitrogens with zero attached hydrogens (tertiary/aromatic N) is 3. The van der Waals surface area contributed by atoms with Crippen LogP contribution in [-0.2, 0) is 0 Å². The molecule has 94 valence electrons. The average molecular weight is 252 g/mol. The monoisotopic (exact) mass is 252 g/mol. The summed E-state index contributed by atoms with van der Waals surface area (Å²) >= 11 is 0. The summed E-state index contributed by atoms with van der Waals surface area (Å²) in [6.07, 6.45) is 1.56. The van der Waals surface area contributed by atoms with Gasteiger partial charge in [-0.1, -0.05) is 28.9 Å². The molecule has 3 aromatic rings. The predicted molar refractivity (Wildman–Crippen MR) is 72.1 cm³/mol. The molecule has 2 aromatic heterocycles. The van der Waals surface area contributed by atoms with Crippen molar-refractivity contribution in [2.75, 3.05) is 5.73 Å². The second-order valence-electron chi connectivity index (χ2n) is 4.27. The second-order valence-corrected chi connectivity index (χ2v) is 4.27. The van der Waals surface area contributed by atoms with Crippen LogP contribution < -0.4 is 5.73 Å². The molecule has 0 saturated heterocycles. The normalized spacial score (nSPS) is 10.6. The van der Waals surface area contributed by atoms with Gasteiger partial charge in [-0.2, -0.15) is 4.98 Å². The molecule has 19 heavy (non-hydrogen) atoms. The van der Waals surface area contributed by atoms with Gasteiger partial charge in [0, 0.05) is 5.56 Å². The highest BCUT2D eigenvalue weighted by atomic mass is 16.5. The maximum absolute atomic E-state index is 5.59. The number of nitrogens with two attached hydrogens (primary N) is 1. The molecule has 0 unspecified atom stereocenters. The van der Waals surface area contributed by atoms with E-state index in [1.807, 2.05) is 31.2 Å². The molecule has 0 amide bonds. The number of nitrogen functional groups attached to an aromatic ring is 1. The van der Waals surface area contributed by atoms with E-state index >= 15 is 0 Å². The largest absolute Gasteiger partial charge is 0.397 e. The topological polar surface area (TPSA) is 77.8 Å². The highest BCUT2D eigenvalue weighted by Crippen LogP contribution is 2.21. The van der Waals surface area contributed by atoms with E-state index < -0.39 is 0 Å². The van der Waals surface area contributed by atoms with E-state index in [-0.39, 0.29) is 0 Å². The summed E-state index contributed by atoms with van der Waals surface area (Å²) in [5.74, 6) is 0.939. The molecule has 2 heterocycles. The van der Waals surface area contributed by atoms with E-state index in [4.69, 9.17) is 10.3 Å². The molecular formula is C14H12N4O. The minimum absolute atomic E-state index is 0.386. The molecule has 1 aromatic carbocycles. The van der Waals surface area contributed by atoms with Gasteiger partial charge >= 0.3 is 0 Å². The van der Waals surface area contributed by atoms with Crippen molar-refractivity contribution < 1.29 is 4.52 Å². The molecule has 3 rings (SSSR count). The van der Waals surface area contributed by atoms with Crippen LogP contribution in [0.1, 0.15) is 5.56 Å². The van der Waals surface area contributed by atoms with Gasteiger partial charge in [0.05, 0.1) is 11.9 Å². The fourth-order valence-corrected chi connectivity index (χ4v) is 1.76.